The van der Waals surface area contributed by atoms with E-state index in [9.17, 15) is 4.79 Å². The van der Waals surface area contributed by atoms with E-state index in [0.29, 0.717) is 18.9 Å². The van der Waals surface area contributed by atoms with Crippen LogP contribution in [0.4, 0.5) is 11.4 Å². The molecule has 3 N–H and O–H groups in total. The number of hydrogen-bond donors (Lipinski definition) is 2. The van der Waals surface area contributed by atoms with Gasteiger partial charge in [0.15, 0.2) is 0 Å². The number of ether oxygens (including phenoxy) is 1. The van der Waals surface area contributed by atoms with E-state index in [1.165, 1.54) is 5.69 Å². The normalized spacial score (nSPS) is 14.8. The summed E-state index contributed by atoms with van der Waals surface area (Å²) in [5.74, 6) is -0.159. The zero-order valence-electron chi connectivity index (χ0n) is 16.5. The van der Waals surface area contributed by atoms with Gasteiger partial charge in [0.05, 0.1) is 6.61 Å². The molecule has 0 saturated carbocycles. The number of rotatable bonds is 6. The highest BCUT2D eigenvalue weighted by Gasteiger charge is 2.26. The largest absolute Gasteiger partial charge is 0.462 e. The highest BCUT2D eigenvalue weighted by Crippen LogP contribution is 2.19. The Morgan fingerprint density at radius 3 is 2.21 bits per heavy atom. The standard InChI is InChI=1S/C22H26N4O2S/c1-2-28-22(27)19(21(29)24-17-9-5-3-6-10-17)20(23)26-15-13-25(14-16-26)18-11-7-4-8-12-18/h3-12H,2,13-16,23H2,1H3,(H,24,29)/b20-19-. The second-order valence-corrected chi connectivity index (χ2v) is 7.02. The van der Waals surface area contributed by atoms with Crippen LogP contribution in [-0.2, 0) is 9.53 Å². The van der Waals surface area contributed by atoms with Gasteiger partial charge >= 0.3 is 5.97 Å². The zero-order chi connectivity index (χ0) is 20.6. The van der Waals surface area contributed by atoms with Crippen molar-refractivity contribution >= 4 is 34.6 Å². The lowest BCUT2D eigenvalue weighted by Gasteiger charge is -2.37. The maximum Gasteiger partial charge on any atom is 0.344 e. The van der Waals surface area contributed by atoms with Crippen molar-refractivity contribution in [3.8, 4) is 0 Å². The Morgan fingerprint density at radius 2 is 1.62 bits per heavy atom. The highest BCUT2D eigenvalue weighted by molar-refractivity contribution is 7.81. The number of nitrogens with two attached hydrogens (primary N) is 1. The molecule has 1 saturated heterocycles. The number of esters is 1. The molecule has 0 radical (unpaired) electrons. The van der Waals surface area contributed by atoms with E-state index in [1.807, 2.05) is 53.4 Å². The maximum absolute atomic E-state index is 12.6. The first-order valence-electron chi connectivity index (χ1n) is 9.68. The molecule has 0 atom stereocenters. The predicted octanol–water partition coefficient (Wildman–Crippen LogP) is 2.98. The third-order valence-electron chi connectivity index (χ3n) is 4.74. The quantitative estimate of drug-likeness (QED) is 0.431. The number of carbonyl (C=O) groups is 1. The second kappa shape index (κ2) is 9.93. The summed E-state index contributed by atoms with van der Waals surface area (Å²) in [7, 11) is 0. The van der Waals surface area contributed by atoms with Crippen LogP contribution in [0.25, 0.3) is 0 Å². The first-order valence-corrected chi connectivity index (χ1v) is 10.1. The molecule has 2 aromatic rings. The van der Waals surface area contributed by atoms with Crippen molar-refractivity contribution in [1.82, 2.24) is 4.90 Å². The summed E-state index contributed by atoms with van der Waals surface area (Å²) in [4.78, 5) is 17.2. The molecule has 0 bridgehead atoms. The van der Waals surface area contributed by atoms with Crippen molar-refractivity contribution in [2.24, 2.45) is 5.73 Å². The molecule has 3 rings (SSSR count). The van der Waals surface area contributed by atoms with Crippen LogP contribution in [0.5, 0.6) is 0 Å². The van der Waals surface area contributed by atoms with Crippen LogP contribution in [0.2, 0.25) is 0 Å². The molecule has 1 aliphatic heterocycles. The van der Waals surface area contributed by atoms with Crippen LogP contribution in [0.3, 0.4) is 0 Å². The summed E-state index contributed by atoms with van der Waals surface area (Å²) < 4.78 is 5.22. The lowest BCUT2D eigenvalue weighted by molar-refractivity contribution is -0.138. The Bertz CT molecular complexity index is 863. The lowest BCUT2D eigenvalue weighted by Crippen LogP contribution is -2.48. The molecule has 0 aliphatic carbocycles. The summed E-state index contributed by atoms with van der Waals surface area (Å²) >= 11 is 5.51. The summed E-state index contributed by atoms with van der Waals surface area (Å²) in [5, 5.41) is 3.09. The Balaban J connectivity index is 1.76. The monoisotopic (exact) mass is 410 g/mol. The van der Waals surface area contributed by atoms with Crippen LogP contribution >= 0.6 is 12.2 Å². The molecule has 0 spiro atoms. The Morgan fingerprint density at radius 1 is 1.03 bits per heavy atom. The summed E-state index contributed by atoms with van der Waals surface area (Å²) in [6.45, 7) is 5.01. The van der Waals surface area contributed by atoms with Crippen molar-refractivity contribution in [3.63, 3.8) is 0 Å². The molecule has 1 aliphatic rings. The van der Waals surface area contributed by atoms with Gasteiger partial charge in [-0.05, 0) is 31.2 Å². The van der Waals surface area contributed by atoms with Crippen LogP contribution in [0.1, 0.15) is 6.92 Å². The fourth-order valence-corrected chi connectivity index (χ4v) is 3.54. The average molecular weight is 411 g/mol. The van der Waals surface area contributed by atoms with E-state index < -0.39 is 5.97 Å². The van der Waals surface area contributed by atoms with Crippen molar-refractivity contribution in [2.45, 2.75) is 6.92 Å². The van der Waals surface area contributed by atoms with Crippen LogP contribution in [0, 0.1) is 0 Å². The van der Waals surface area contributed by atoms with Gasteiger partial charge in [0.25, 0.3) is 0 Å². The van der Waals surface area contributed by atoms with Gasteiger partial charge in [0.2, 0.25) is 0 Å². The summed E-state index contributed by atoms with van der Waals surface area (Å²) in [6, 6.07) is 19.7. The topological polar surface area (TPSA) is 70.8 Å². The zero-order valence-corrected chi connectivity index (χ0v) is 17.3. The van der Waals surface area contributed by atoms with E-state index in [-0.39, 0.29) is 17.2 Å². The van der Waals surface area contributed by atoms with Gasteiger partial charge in [0.1, 0.15) is 16.4 Å². The number of hydrogen-bond acceptors (Lipinski definition) is 6. The van der Waals surface area contributed by atoms with E-state index in [0.717, 1.165) is 18.8 Å². The van der Waals surface area contributed by atoms with Crippen molar-refractivity contribution in [3.05, 3.63) is 72.1 Å². The van der Waals surface area contributed by atoms with Gasteiger partial charge in [-0.25, -0.2) is 4.79 Å². The van der Waals surface area contributed by atoms with E-state index >= 15 is 0 Å². The molecule has 0 amide bonds. The van der Waals surface area contributed by atoms with Crippen LogP contribution in [-0.4, -0.2) is 48.6 Å². The third kappa shape index (κ3) is 5.26. The number of nitrogens with one attached hydrogen (secondary N) is 1. The molecule has 2 aromatic carbocycles. The summed E-state index contributed by atoms with van der Waals surface area (Å²) in [6.07, 6.45) is 0. The number of thiocarbonyl (C=S) groups is 1. The fourth-order valence-electron chi connectivity index (χ4n) is 3.23. The Kier molecular flexibility index (Phi) is 7.08. The number of nitrogens with zero attached hydrogens (tertiary/aromatic N) is 2. The van der Waals surface area contributed by atoms with Crippen molar-refractivity contribution in [1.29, 1.82) is 0 Å². The van der Waals surface area contributed by atoms with Crippen LogP contribution in [0.15, 0.2) is 72.1 Å². The number of para-hydroxylation sites is 2. The minimum Gasteiger partial charge on any atom is -0.462 e. The van der Waals surface area contributed by atoms with Gasteiger partial charge < -0.3 is 25.6 Å². The minimum atomic E-state index is -0.510. The van der Waals surface area contributed by atoms with Crippen molar-refractivity contribution < 1.29 is 9.53 Å². The van der Waals surface area contributed by atoms with Gasteiger partial charge in [-0.3, -0.25) is 0 Å². The second-order valence-electron chi connectivity index (χ2n) is 6.61. The smallest absolute Gasteiger partial charge is 0.344 e. The molecule has 0 unspecified atom stereocenters. The minimum absolute atomic E-state index is 0.207. The Labute approximate surface area is 176 Å². The highest BCUT2D eigenvalue weighted by atomic mass is 32.1. The van der Waals surface area contributed by atoms with E-state index in [2.05, 4.69) is 22.3 Å². The van der Waals surface area contributed by atoms with E-state index in [4.69, 9.17) is 22.7 Å². The fraction of sp³-hybridized carbons (Fsp3) is 0.273. The number of piperazine rings is 1. The van der Waals surface area contributed by atoms with E-state index in [1.54, 1.807) is 6.92 Å². The molecule has 29 heavy (non-hydrogen) atoms. The first-order chi connectivity index (χ1) is 14.1. The maximum atomic E-state index is 12.6. The third-order valence-corrected chi connectivity index (χ3v) is 5.04. The molecule has 1 fully saturated rings. The molecular formula is C22H26N4O2S. The molecule has 7 heteroatoms. The van der Waals surface area contributed by atoms with Gasteiger partial charge in [0, 0.05) is 37.6 Å². The number of anilines is 2. The first kappa shape index (κ1) is 20.7. The molecule has 6 nitrogen and oxygen atoms in total. The average Bonchev–Trinajstić information content (AvgIpc) is 2.75. The van der Waals surface area contributed by atoms with Gasteiger partial charge in [-0.2, -0.15) is 0 Å². The Hall–Kier alpha value is -3.06. The number of benzene rings is 2. The molecule has 1 heterocycles. The molecule has 152 valence electrons. The van der Waals surface area contributed by atoms with Crippen molar-refractivity contribution in [2.75, 3.05) is 43.0 Å². The van der Waals surface area contributed by atoms with Gasteiger partial charge in [-0.1, -0.05) is 48.6 Å². The predicted molar refractivity (Wildman–Crippen MR) is 121 cm³/mol. The van der Waals surface area contributed by atoms with Crippen LogP contribution < -0.4 is 16.0 Å². The summed E-state index contributed by atoms with van der Waals surface area (Å²) in [5.41, 5.74) is 8.60. The molecular weight excluding hydrogens is 384 g/mol. The number of carbonyl (C=O) groups excluding carboxylic acids is 1. The SMILES string of the molecule is CCOC(=O)/C(C(=S)Nc1ccccc1)=C(/N)N1CCN(c2ccccc2)CC1. The molecule has 0 aromatic heterocycles. The van der Waals surface area contributed by atoms with Gasteiger partial charge in [-0.15, -0.1) is 0 Å². The lowest BCUT2D eigenvalue weighted by atomic mass is 10.2.